The van der Waals surface area contributed by atoms with Gasteiger partial charge < -0.3 is 10.4 Å². The van der Waals surface area contributed by atoms with Gasteiger partial charge in [-0.15, -0.1) is 0 Å². The van der Waals surface area contributed by atoms with Crippen LogP contribution < -0.4 is 5.32 Å². The van der Waals surface area contributed by atoms with Crippen LogP contribution in [-0.2, 0) is 6.18 Å². The Kier molecular flexibility index (Phi) is 4.15. The molecule has 0 aliphatic carbocycles. The molecule has 0 bridgehead atoms. The highest BCUT2D eigenvalue weighted by atomic mass is 19.4. The number of hydrogen-bond donors (Lipinski definition) is 2. The summed E-state index contributed by atoms with van der Waals surface area (Å²) in [7, 11) is 0. The maximum atomic E-state index is 12.5. The summed E-state index contributed by atoms with van der Waals surface area (Å²) in [4.78, 5) is 14.1. The van der Waals surface area contributed by atoms with Gasteiger partial charge in [-0.2, -0.15) is 13.2 Å². The van der Waals surface area contributed by atoms with Gasteiger partial charge in [-0.05, 0) is 25.5 Å². The van der Waals surface area contributed by atoms with Crippen molar-refractivity contribution < 1.29 is 23.1 Å². The zero-order chi connectivity index (χ0) is 13.9. The van der Waals surface area contributed by atoms with Gasteiger partial charge in [0.1, 0.15) is 11.5 Å². The van der Waals surface area contributed by atoms with E-state index < -0.39 is 23.4 Å². The summed E-state index contributed by atoms with van der Waals surface area (Å²) >= 11 is 0. The van der Waals surface area contributed by atoms with Crippen molar-refractivity contribution in [3.8, 4) is 0 Å². The van der Waals surface area contributed by atoms with Crippen LogP contribution in [0.4, 0.5) is 19.0 Å². The lowest BCUT2D eigenvalue weighted by atomic mass is 10.2. The van der Waals surface area contributed by atoms with Crippen LogP contribution in [0.15, 0.2) is 12.1 Å². The third-order valence-corrected chi connectivity index (χ3v) is 2.37. The molecule has 0 aliphatic heterocycles. The number of aromatic carboxylic acids is 1. The van der Waals surface area contributed by atoms with Crippen molar-refractivity contribution in [3.05, 3.63) is 23.4 Å². The highest BCUT2D eigenvalue weighted by molar-refractivity contribution is 5.88. The van der Waals surface area contributed by atoms with Crippen LogP contribution in [0.1, 0.15) is 36.3 Å². The quantitative estimate of drug-likeness (QED) is 0.875. The number of alkyl halides is 3. The van der Waals surface area contributed by atoms with Crippen LogP contribution in [-0.4, -0.2) is 22.1 Å². The van der Waals surface area contributed by atoms with Crippen LogP contribution in [0.25, 0.3) is 0 Å². The van der Waals surface area contributed by atoms with E-state index in [4.69, 9.17) is 5.11 Å². The van der Waals surface area contributed by atoms with E-state index >= 15 is 0 Å². The number of carbonyl (C=O) groups is 1. The molecular weight excluding hydrogens is 249 g/mol. The fourth-order valence-corrected chi connectivity index (χ4v) is 1.23. The number of nitrogens with zero attached hydrogens (tertiary/aromatic N) is 1. The van der Waals surface area contributed by atoms with Gasteiger partial charge in [0.05, 0.1) is 5.56 Å². The normalized spacial score (nSPS) is 13.2. The van der Waals surface area contributed by atoms with E-state index in [-0.39, 0.29) is 11.9 Å². The molecule has 0 radical (unpaired) electrons. The topological polar surface area (TPSA) is 62.2 Å². The van der Waals surface area contributed by atoms with Gasteiger partial charge in [0.15, 0.2) is 0 Å². The van der Waals surface area contributed by atoms with Gasteiger partial charge in [0.2, 0.25) is 0 Å². The molecule has 0 amide bonds. The maximum Gasteiger partial charge on any atom is 0.433 e. The fourth-order valence-electron chi connectivity index (χ4n) is 1.23. The highest BCUT2D eigenvalue weighted by Gasteiger charge is 2.33. The molecule has 0 aliphatic rings. The summed E-state index contributed by atoms with van der Waals surface area (Å²) < 4.78 is 37.6. The number of hydrogen-bond acceptors (Lipinski definition) is 3. The van der Waals surface area contributed by atoms with Crippen molar-refractivity contribution in [1.29, 1.82) is 0 Å². The third-order valence-electron chi connectivity index (χ3n) is 2.37. The van der Waals surface area contributed by atoms with Gasteiger partial charge in [-0.1, -0.05) is 6.92 Å². The molecule has 1 aromatic rings. The monoisotopic (exact) mass is 262 g/mol. The predicted octanol–water partition coefficient (Wildman–Crippen LogP) is 3.01. The first-order chi connectivity index (χ1) is 8.24. The number of aromatic nitrogens is 1. The summed E-state index contributed by atoms with van der Waals surface area (Å²) in [6.07, 6.45) is -3.99. The molecule has 100 valence electrons. The van der Waals surface area contributed by atoms with E-state index in [1.165, 1.54) is 0 Å². The summed E-state index contributed by atoms with van der Waals surface area (Å²) in [6, 6.07) is 1.51. The molecule has 1 aromatic heterocycles. The molecule has 0 aromatic carbocycles. The second-order valence-electron chi connectivity index (χ2n) is 3.88. The second-order valence-corrected chi connectivity index (χ2v) is 3.88. The molecule has 1 unspecified atom stereocenters. The van der Waals surface area contributed by atoms with Crippen LogP contribution in [0.3, 0.4) is 0 Å². The average molecular weight is 262 g/mol. The Labute approximate surface area is 102 Å². The lowest BCUT2D eigenvalue weighted by Crippen LogP contribution is -2.18. The van der Waals surface area contributed by atoms with Crippen molar-refractivity contribution in [2.24, 2.45) is 0 Å². The lowest BCUT2D eigenvalue weighted by molar-refractivity contribution is -0.141. The summed E-state index contributed by atoms with van der Waals surface area (Å²) in [5.41, 5.74) is -1.66. The van der Waals surface area contributed by atoms with E-state index in [1.807, 2.05) is 6.92 Å². The first-order valence-corrected chi connectivity index (χ1v) is 5.33. The minimum absolute atomic E-state index is 0.0865. The van der Waals surface area contributed by atoms with Gasteiger partial charge >= 0.3 is 12.1 Å². The smallest absolute Gasteiger partial charge is 0.433 e. The number of halogens is 3. The van der Waals surface area contributed by atoms with Gasteiger partial charge in [-0.25, -0.2) is 9.78 Å². The van der Waals surface area contributed by atoms with Crippen molar-refractivity contribution in [2.45, 2.75) is 32.5 Å². The molecule has 2 N–H and O–H groups in total. The first kappa shape index (κ1) is 14.3. The van der Waals surface area contributed by atoms with Crippen molar-refractivity contribution in [1.82, 2.24) is 4.98 Å². The summed E-state index contributed by atoms with van der Waals surface area (Å²) in [5.74, 6) is -1.51. The number of carboxylic acid groups (broad SMARTS) is 1. The largest absolute Gasteiger partial charge is 0.478 e. The maximum absolute atomic E-state index is 12.5. The summed E-state index contributed by atoms with van der Waals surface area (Å²) in [5, 5.41) is 11.5. The SMILES string of the molecule is CCC(C)Nc1cc(C(=O)O)cc(C(F)(F)F)n1. The molecule has 0 saturated heterocycles. The third kappa shape index (κ3) is 3.61. The molecule has 7 heteroatoms. The minimum atomic E-state index is -4.67. The van der Waals surface area contributed by atoms with E-state index in [2.05, 4.69) is 10.3 Å². The molecule has 1 atom stereocenters. The van der Waals surface area contributed by atoms with Crippen LogP contribution in [0.2, 0.25) is 0 Å². The van der Waals surface area contributed by atoms with Crippen LogP contribution in [0.5, 0.6) is 0 Å². The Balaban J connectivity index is 3.18. The Morgan fingerprint density at radius 1 is 1.50 bits per heavy atom. The van der Waals surface area contributed by atoms with Crippen LogP contribution >= 0.6 is 0 Å². The molecule has 0 saturated carbocycles. The Morgan fingerprint density at radius 2 is 2.11 bits per heavy atom. The molecule has 0 spiro atoms. The molecular formula is C11H13F3N2O2. The second kappa shape index (κ2) is 5.24. The minimum Gasteiger partial charge on any atom is -0.478 e. The zero-order valence-corrected chi connectivity index (χ0v) is 9.88. The molecule has 1 rings (SSSR count). The van der Waals surface area contributed by atoms with Gasteiger partial charge in [-0.3, -0.25) is 0 Å². The van der Waals surface area contributed by atoms with Crippen molar-refractivity contribution in [2.75, 3.05) is 5.32 Å². The van der Waals surface area contributed by atoms with E-state index in [0.717, 1.165) is 6.07 Å². The van der Waals surface area contributed by atoms with Gasteiger partial charge in [0, 0.05) is 6.04 Å². The van der Waals surface area contributed by atoms with Crippen LogP contribution in [0, 0.1) is 0 Å². The Morgan fingerprint density at radius 3 is 2.56 bits per heavy atom. The summed E-state index contributed by atoms with van der Waals surface area (Å²) in [6.45, 7) is 3.62. The number of rotatable bonds is 4. The number of carboxylic acids is 1. The van der Waals surface area contributed by atoms with E-state index in [9.17, 15) is 18.0 Å². The average Bonchev–Trinajstić information content (AvgIpc) is 2.27. The Hall–Kier alpha value is -1.79. The molecule has 1 heterocycles. The van der Waals surface area contributed by atoms with E-state index in [0.29, 0.717) is 12.5 Å². The predicted molar refractivity (Wildman–Crippen MR) is 59.6 cm³/mol. The molecule has 18 heavy (non-hydrogen) atoms. The first-order valence-electron chi connectivity index (χ1n) is 5.33. The number of anilines is 1. The Bertz CT molecular complexity index is 446. The lowest BCUT2D eigenvalue weighted by Gasteiger charge is -2.14. The fraction of sp³-hybridized carbons (Fsp3) is 0.455. The highest BCUT2D eigenvalue weighted by Crippen LogP contribution is 2.29. The standard InChI is InChI=1S/C11H13F3N2O2/c1-3-6(2)15-9-5-7(10(17)18)4-8(16-9)11(12,13)14/h4-6H,3H2,1-2H3,(H,15,16)(H,17,18). The molecule has 0 fully saturated rings. The number of nitrogens with one attached hydrogen (secondary N) is 1. The molecule has 4 nitrogen and oxygen atoms in total. The van der Waals surface area contributed by atoms with Crippen molar-refractivity contribution >= 4 is 11.8 Å². The zero-order valence-electron chi connectivity index (χ0n) is 9.88. The van der Waals surface area contributed by atoms with E-state index in [1.54, 1.807) is 6.92 Å². The van der Waals surface area contributed by atoms with Gasteiger partial charge in [0.25, 0.3) is 0 Å². The number of pyridine rings is 1. The van der Waals surface area contributed by atoms with Crippen molar-refractivity contribution in [3.63, 3.8) is 0 Å².